The molecule has 0 atom stereocenters. The Bertz CT molecular complexity index is 722. The molecule has 3 rings (SSSR count). The number of hydrogen-bond donors (Lipinski definition) is 1. The minimum Gasteiger partial charge on any atom is -0.454 e. The van der Waals surface area contributed by atoms with Gasteiger partial charge in [-0.3, -0.25) is 4.99 Å². The molecule has 1 saturated heterocycles. The number of halogens is 2. The minimum atomic E-state index is -0.383. The van der Waals surface area contributed by atoms with Crippen molar-refractivity contribution in [2.24, 2.45) is 10.7 Å². The highest BCUT2D eigenvalue weighted by Gasteiger charge is 2.12. The molecule has 0 amide bonds. The lowest BCUT2D eigenvalue weighted by molar-refractivity contribution is 0.0674. The average Bonchev–Trinajstić information content (AvgIpc) is 2.65. The van der Waals surface area contributed by atoms with E-state index in [1.165, 1.54) is 6.07 Å². The van der Waals surface area contributed by atoms with Gasteiger partial charge >= 0.3 is 0 Å². The van der Waals surface area contributed by atoms with E-state index >= 15 is 0 Å². The van der Waals surface area contributed by atoms with Crippen molar-refractivity contribution in [3.05, 3.63) is 59.9 Å². The third-order valence-electron chi connectivity index (χ3n) is 3.98. The summed E-state index contributed by atoms with van der Waals surface area (Å²) in [4.78, 5) is 6.37. The molecule has 0 aliphatic carbocycles. The summed E-state index contributed by atoms with van der Waals surface area (Å²) >= 11 is 0. The molecule has 7 heteroatoms. The van der Waals surface area contributed by atoms with Crippen LogP contribution in [0.4, 0.5) is 4.39 Å². The molecule has 1 fully saturated rings. The highest BCUT2D eigenvalue weighted by Crippen LogP contribution is 2.25. The fraction of sp³-hybridized carbons (Fsp3) is 0.316. The standard InChI is InChI=1S/C19H22FN3O2.HI/c20-17-14-15(6-7-18(17)25-16-4-2-1-3-5-16)8-9-22-19(21)23-10-12-24-13-11-23;/h1-7,14H,8-13H2,(H2,21,22);1H. The third kappa shape index (κ3) is 5.84. The van der Waals surface area contributed by atoms with Gasteiger partial charge in [0.05, 0.1) is 13.2 Å². The summed E-state index contributed by atoms with van der Waals surface area (Å²) in [5.74, 6) is 0.961. The van der Waals surface area contributed by atoms with Gasteiger partial charge in [-0.25, -0.2) is 4.39 Å². The Morgan fingerprint density at radius 1 is 1.15 bits per heavy atom. The number of aliphatic imine (C=N–C) groups is 1. The van der Waals surface area contributed by atoms with Crippen molar-refractivity contribution < 1.29 is 13.9 Å². The lowest BCUT2D eigenvalue weighted by Crippen LogP contribution is -2.44. The van der Waals surface area contributed by atoms with E-state index in [0.29, 0.717) is 37.9 Å². The second-order valence-electron chi connectivity index (χ2n) is 5.77. The van der Waals surface area contributed by atoms with Gasteiger partial charge < -0.3 is 20.1 Å². The van der Waals surface area contributed by atoms with E-state index < -0.39 is 0 Å². The third-order valence-corrected chi connectivity index (χ3v) is 3.98. The molecule has 2 N–H and O–H groups in total. The first-order chi connectivity index (χ1) is 12.2. The number of hydrogen-bond acceptors (Lipinski definition) is 3. The molecule has 0 unspecified atom stereocenters. The Morgan fingerprint density at radius 2 is 1.88 bits per heavy atom. The number of ether oxygens (including phenoxy) is 2. The molecule has 0 aromatic heterocycles. The maximum atomic E-state index is 14.2. The van der Waals surface area contributed by atoms with Crippen molar-refractivity contribution in [2.75, 3.05) is 32.8 Å². The predicted molar refractivity (Wildman–Crippen MR) is 111 cm³/mol. The zero-order valence-corrected chi connectivity index (χ0v) is 16.8. The first-order valence-corrected chi connectivity index (χ1v) is 8.36. The second-order valence-corrected chi connectivity index (χ2v) is 5.77. The summed E-state index contributed by atoms with van der Waals surface area (Å²) in [6.45, 7) is 3.38. The Labute approximate surface area is 170 Å². The van der Waals surface area contributed by atoms with Crippen LogP contribution < -0.4 is 10.5 Å². The molecule has 26 heavy (non-hydrogen) atoms. The van der Waals surface area contributed by atoms with Crippen LogP contribution in [0.3, 0.4) is 0 Å². The SMILES string of the molecule is I.NC(=NCCc1ccc(Oc2ccccc2)c(F)c1)N1CCOCC1. The van der Waals surface area contributed by atoms with E-state index in [-0.39, 0.29) is 35.5 Å². The molecule has 5 nitrogen and oxygen atoms in total. The maximum absolute atomic E-state index is 14.2. The van der Waals surface area contributed by atoms with Gasteiger partial charge in [0.2, 0.25) is 0 Å². The Hall–Kier alpha value is -1.87. The van der Waals surface area contributed by atoms with Gasteiger partial charge in [-0.15, -0.1) is 24.0 Å². The van der Waals surface area contributed by atoms with Gasteiger partial charge in [0.15, 0.2) is 17.5 Å². The summed E-state index contributed by atoms with van der Waals surface area (Å²) < 4.78 is 25.0. The Kier molecular flexibility index (Phi) is 8.11. The molecular formula is C19H23FIN3O2. The summed E-state index contributed by atoms with van der Waals surface area (Å²) in [6.07, 6.45) is 0.619. The van der Waals surface area contributed by atoms with Crippen LogP contribution in [0.15, 0.2) is 53.5 Å². The lowest BCUT2D eigenvalue weighted by Gasteiger charge is -2.27. The van der Waals surface area contributed by atoms with Crippen LogP contribution in [0, 0.1) is 5.82 Å². The molecule has 1 heterocycles. The van der Waals surface area contributed by atoms with Crippen molar-refractivity contribution in [2.45, 2.75) is 6.42 Å². The number of benzene rings is 2. The van der Waals surface area contributed by atoms with Gasteiger partial charge in [0.1, 0.15) is 5.75 Å². The summed E-state index contributed by atoms with van der Waals surface area (Å²) in [6, 6.07) is 14.1. The summed E-state index contributed by atoms with van der Waals surface area (Å²) in [7, 11) is 0. The average molecular weight is 471 g/mol. The zero-order chi connectivity index (χ0) is 17.5. The molecule has 2 aromatic carbocycles. The largest absolute Gasteiger partial charge is 0.454 e. The number of nitrogens with two attached hydrogens (primary N) is 1. The van der Waals surface area contributed by atoms with Crippen LogP contribution >= 0.6 is 24.0 Å². The van der Waals surface area contributed by atoms with Gasteiger partial charge in [0, 0.05) is 19.6 Å². The van der Waals surface area contributed by atoms with Gasteiger partial charge in [-0.2, -0.15) is 0 Å². The van der Waals surface area contributed by atoms with Gasteiger partial charge in [-0.1, -0.05) is 24.3 Å². The minimum absolute atomic E-state index is 0. The first kappa shape index (κ1) is 20.4. The molecule has 0 radical (unpaired) electrons. The molecule has 0 bridgehead atoms. The second kappa shape index (κ2) is 10.3. The molecule has 2 aromatic rings. The van der Waals surface area contributed by atoms with Crippen molar-refractivity contribution in [1.82, 2.24) is 4.90 Å². The molecule has 1 aliphatic heterocycles. The van der Waals surface area contributed by atoms with Crippen LogP contribution in [0.25, 0.3) is 0 Å². The van der Waals surface area contributed by atoms with E-state index in [4.69, 9.17) is 15.2 Å². The summed E-state index contributed by atoms with van der Waals surface area (Å²) in [5, 5.41) is 0. The highest BCUT2D eigenvalue weighted by atomic mass is 127. The van der Waals surface area contributed by atoms with Crippen LogP contribution in [-0.4, -0.2) is 43.7 Å². The fourth-order valence-electron chi connectivity index (χ4n) is 2.59. The van der Waals surface area contributed by atoms with Crippen molar-refractivity contribution >= 4 is 29.9 Å². The predicted octanol–water partition coefficient (Wildman–Crippen LogP) is 3.43. The molecule has 0 spiro atoms. The molecular weight excluding hydrogens is 448 g/mol. The normalized spacial score (nSPS) is 14.7. The Balaban J connectivity index is 0.00000243. The quantitative estimate of drug-likeness (QED) is 0.413. The highest BCUT2D eigenvalue weighted by molar-refractivity contribution is 14.0. The van der Waals surface area contributed by atoms with Crippen LogP contribution in [0.1, 0.15) is 5.56 Å². The number of rotatable bonds is 5. The smallest absolute Gasteiger partial charge is 0.191 e. The number of nitrogens with zero attached hydrogens (tertiary/aromatic N) is 2. The van der Waals surface area contributed by atoms with Gasteiger partial charge in [-0.05, 0) is 36.2 Å². The first-order valence-electron chi connectivity index (χ1n) is 8.36. The van der Waals surface area contributed by atoms with Crippen molar-refractivity contribution in [1.29, 1.82) is 0 Å². The Morgan fingerprint density at radius 3 is 2.58 bits per heavy atom. The van der Waals surface area contributed by atoms with Gasteiger partial charge in [0.25, 0.3) is 0 Å². The topological polar surface area (TPSA) is 60.1 Å². The number of guanidine groups is 1. The lowest BCUT2D eigenvalue weighted by atomic mass is 10.1. The van der Waals surface area contributed by atoms with Crippen molar-refractivity contribution in [3.8, 4) is 11.5 Å². The van der Waals surface area contributed by atoms with Crippen molar-refractivity contribution in [3.63, 3.8) is 0 Å². The van der Waals surface area contributed by atoms with E-state index in [9.17, 15) is 4.39 Å². The number of para-hydroxylation sites is 1. The molecule has 1 aliphatic rings. The molecule has 0 saturated carbocycles. The summed E-state index contributed by atoms with van der Waals surface area (Å²) in [5.41, 5.74) is 6.84. The maximum Gasteiger partial charge on any atom is 0.191 e. The molecule has 140 valence electrons. The van der Waals surface area contributed by atoms with E-state index in [1.807, 2.05) is 29.2 Å². The van der Waals surface area contributed by atoms with Crippen LogP contribution in [0.2, 0.25) is 0 Å². The van der Waals surface area contributed by atoms with E-state index in [1.54, 1.807) is 18.2 Å². The monoisotopic (exact) mass is 471 g/mol. The number of morpholine rings is 1. The van der Waals surface area contributed by atoms with E-state index in [2.05, 4.69) is 4.99 Å². The van der Waals surface area contributed by atoms with Crippen LogP contribution in [-0.2, 0) is 11.2 Å². The fourth-order valence-corrected chi connectivity index (χ4v) is 2.59. The van der Waals surface area contributed by atoms with Crippen LogP contribution in [0.5, 0.6) is 11.5 Å². The van der Waals surface area contributed by atoms with E-state index in [0.717, 1.165) is 18.7 Å². The zero-order valence-electron chi connectivity index (χ0n) is 14.4.